The van der Waals surface area contributed by atoms with E-state index in [1.807, 2.05) is 0 Å². The fourth-order valence-electron chi connectivity index (χ4n) is 1.68. The minimum atomic E-state index is -0.594. The van der Waals surface area contributed by atoms with E-state index < -0.39 is 11.7 Å². The summed E-state index contributed by atoms with van der Waals surface area (Å²) in [6, 6.07) is 3.60. The molecule has 0 aliphatic carbocycles. The summed E-state index contributed by atoms with van der Waals surface area (Å²) in [5, 5.41) is 0. The average Bonchev–Trinajstić information content (AvgIpc) is 2.41. The summed E-state index contributed by atoms with van der Waals surface area (Å²) in [5.74, 6) is -1.29. The van der Waals surface area contributed by atoms with Crippen molar-refractivity contribution in [3.05, 3.63) is 29.6 Å². The van der Waals surface area contributed by atoms with E-state index in [1.54, 1.807) is 14.1 Å². The molecule has 7 heteroatoms. The Morgan fingerprint density at radius 2 is 1.95 bits per heavy atom. The molecular weight excluding hydrogens is 277 g/mol. The summed E-state index contributed by atoms with van der Waals surface area (Å²) >= 11 is 0. The number of carbonyl (C=O) groups excluding carboxylic acids is 2. The average molecular weight is 297 g/mol. The van der Waals surface area contributed by atoms with Gasteiger partial charge in [-0.2, -0.15) is 0 Å². The molecule has 0 radical (unpaired) electrons. The Balaban J connectivity index is 2.95. The standard InChI is InChI=1S/C14H20FN3O3/c1-17(2)13(19)9-18(4-5-21-3)14(20)10-6-11(15)8-12(16)7-10/h6-8H,4-5,9,16H2,1-3H3. The summed E-state index contributed by atoms with van der Waals surface area (Å²) < 4.78 is 18.3. The lowest BCUT2D eigenvalue weighted by Crippen LogP contribution is -2.42. The van der Waals surface area contributed by atoms with Crippen LogP contribution < -0.4 is 5.73 Å². The monoisotopic (exact) mass is 297 g/mol. The Morgan fingerprint density at radius 3 is 2.48 bits per heavy atom. The van der Waals surface area contributed by atoms with E-state index in [1.165, 1.54) is 23.0 Å². The van der Waals surface area contributed by atoms with Gasteiger partial charge in [-0.05, 0) is 18.2 Å². The molecule has 0 atom stereocenters. The Kier molecular flexibility index (Phi) is 6.10. The molecule has 0 spiro atoms. The largest absolute Gasteiger partial charge is 0.399 e. The number of methoxy groups -OCH3 is 1. The quantitative estimate of drug-likeness (QED) is 0.780. The van der Waals surface area contributed by atoms with Crippen molar-refractivity contribution in [3.63, 3.8) is 0 Å². The van der Waals surface area contributed by atoms with Crippen molar-refractivity contribution in [2.45, 2.75) is 0 Å². The highest BCUT2D eigenvalue weighted by atomic mass is 19.1. The zero-order valence-electron chi connectivity index (χ0n) is 12.4. The van der Waals surface area contributed by atoms with Crippen molar-refractivity contribution >= 4 is 17.5 Å². The molecule has 1 rings (SSSR count). The molecule has 2 amide bonds. The fraction of sp³-hybridized carbons (Fsp3) is 0.429. The van der Waals surface area contributed by atoms with Gasteiger partial charge in [0.25, 0.3) is 5.91 Å². The van der Waals surface area contributed by atoms with Crippen LogP contribution in [0.4, 0.5) is 10.1 Å². The second kappa shape index (κ2) is 7.58. The molecule has 0 heterocycles. The molecule has 0 aliphatic rings. The first kappa shape index (κ1) is 16.9. The van der Waals surface area contributed by atoms with Gasteiger partial charge in [-0.25, -0.2) is 4.39 Å². The van der Waals surface area contributed by atoms with Gasteiger partial charge in [-0.1, -0.05) is 0 Å². The Hall–Kier alpha value is -2.15. The van der Waals surface area contributed by atoms with Gasteiger partial charge in [-0.3, -0.25) is 9.59 Å². The molecule has 0 fully saturated rings. The fourth-order valence-corrected chi connectivity index (χ4v) is 1.68. The van der Waals surface area contributed by atoms with Crippen LogP contribution in [0.5, 0.6) is 0 Å². The summed E-state index contributed by atoms with van der Waals surface area (Å²) in [7, 11) is 4.69. The highest BCUT2D eigenvalue weighted by Gasteiger charge is 2.20. The van der Waals surface area contributed by atoms with Gasteiger partial charge in [0, 0.05) is 39.0 Å². The predicted octanol–water partition coefficient (Wildman–Crippen LogP) is 0.585. The van der Waals surface area contributed by atoms with E-state index in [9.17, 15) is 14.0 Å². The topological polar surface area (TPSA) is 75.9 Å². The van der Waals surface area contributed by atoms with Crippen LogP contribution in [0, 0.1) is 5.82 Å². The summed E-state index contributed by atoms with van der Waals surface area (Å²) in [6.07, 6.45) is 0. The molecule has 0 aliphatic heterocycles. The van der Waals surface area contributed by atoms with Crippen molar-refractivity contribution in [2.75, 3.05) is 46.6 Å². The maximum Gasteiger partial charge on any atom is 0.254 e. The molecule has 0 saturated carbocycles. The number of likely N-dealkylation sites (N-methyl/N-ethyl adjacent to an activating group) is 1. The molecule has 6 nitrogen and oxygen atoms in total. The van der Waals surface area contributed by atoms with Crippen LogP contribution in [-0.4, -0.2) is 62.5 Å². The number of nitrogens with zero attached hydrogens (tertiary/aromatic N) is 2. The number of nitrogen functional groups attached to an aromatic ring is 1. The summed E-state index contributed by atoms with van der Waals surface area (Å²) in [6.45, 7) is 0.397. The van der Waals surface area contributed by atoms with Crippen molar-refractivity contribution in [3.8, 4) is 0 Å². The van der Waals surface area contributed by atoms with E-state index in [-0.39, 0.29) is 36.9 Å². The number of hydrogen-bond donors (Lipinski definition) is 1. The maximum absolute atomic E-state index is 13.3. The number of ether oxygens (including phenoxy) is 1. The van der Waals surface area contributed by atoms with Crippen LogP contribution in [0.1, 0.15) is 10.4 Å². The van der Waals surface area contributed by atoms with Gasteiger partial charge >= 0.3 is 0 Å². The van der Waals surface area contributed by atoms with Crippen LogP contribution >= 0.6 is 0 Å². The third-order valence-electron chi connectivity index (χ3n) is 2.84. The number of hydrogen-bond acceptors (Lipinski definition) is 4. The van der Waals surface area contributed by atoms with Crippen LogP contribution in [-0.2, 0) is 9.53 Å². The van der Waals surface area contributed by atoms with E-state index in [0.29, 0.717) is 0 Å². The van der Waals surface area contributed by atoms with Crippen LogP contribution in [0.3, 0.4) is 0 Å². The van der Waals surface area contributed by atoms with Gasteiger partial charge < -0.3 is 20.3 Å². The maximum atomic E-state index is 13.3. The SMILES string of the molecule is COCCN(CC(=O)N(C)C)C(=O)c1cc(N)cc(F)c1. The molecule has 0 aromatic heterocycles. The number of carbonyl (C=O) groups is 2. The first-order valence-electron chi connectivity index (χ1n) is 6.39. The van der Waals surface area contributed by atoms with E-state index in [4.69, 9.17) is 10.5 Å². The van der Waals surface area contributed by atoms with Gasteiger partial charge in [0.05, 0.1) is 6.61 Å². The number of benzene rings is 1. The minimum Gasteiger partial charge on any atom is -0.399 e. The third-order valence-corrected chi connectivity index (χ3v) is 2.84. The van der Waals surface area contributed by atoms with E-state index in [2.05, 4.69) is 0 Å². The molecular formula is C14H20FN3O3. The molecule has 0 unspecified atom stereocenters. The first-order chi connectivity index (χ1) is 9.85. The van der Waals surface area contributed by atoms with E-state index in [0.717, 1.165) is 12.1 Å². The van der Waals surface area contributed by atoms with Crippen LogP contribution in [0.25, 0.3) is 0 Å². The molecule has 0 saturated heterocycles. The number of amides is 2. The molecule has 116 valence electrons. The Labute approximate surface area is 123 Å². The van der Waals surface area contributed by atoms with Gasteiger partial charge in [0.2, 0.25) is 5.91 Å². The van der Waals surface area contributed by atoms with Crippen LogP contribution in [0.2, 0.25) is 0 Å². The molecule has 2 N–H and O–H groups in total. The van der Waals surface area contributed by atoms with Crippen LogP contribution in [0.15, 0.2) is 18.2 Å². The van der Waals surface area contributed by atoms with E-state index >= 15 is 0 Å². The van der Waals surface area contributed by atoms with Gasteiger partial charge in [0.1, 0.15) is 12.4 Å². The minimum absolute atomic E-state index is 0.106. The smallest absolute Gasteiger partial charge is 0.254 e. The predicted molar refractivity (Wildman–Crippen MR) is 77.3 cm³/mol. The zero-order chi connectivity index (χ0) is 16.0. The Bertz CT molecular complexity index is 500. The van der Waals surface area contributed by atoms with Crippen molar-refractivity contribution in [2.24, 2.45) is 0 Å². The summed E-state index contributed by atoms with van der Waals surface area (Å²) in [4.78, 5) is 26.9. The zero-order valence-corrected chi connectivity index (χ0v) is 12.4. The molecule has 0 bridgehead atoms. The lowest BCUT2D eigenvalue weighted by atomic mass is 10.1. The Morgan fingerprint density at radius 1 is 1.29 bits per heavy atom. The lowest BCUT2D eigenvalue weighted by Gasteiger charge is -2.23. The normalized spacial score (nSPS) is 10.3. The number of nitrogens with two attached hydrogens (primary N) is 1. The molecule has 1 aromatic carbocycles. The molecule has 1 aromatic rings. The molecule has 21 heavy (non-hydrogen) atoms. The third kappa shape index (κ3) is 5.03. The number of anilines is 1. The van der Waals surface area contributed by atoms with Gasteiger partial charge in [-0.15, -0.1) is 0 Å². The lowest BCUT2D eigenvalue weighted by molar-refractivity contribution is -0.129. The second-order valence-corrected chi connectivity index (χ2v) is 4.78. The van der Waals surface area contributed by atoms with Crippen molar-refractivity contribution < 1.29 is 18.7 Å². The number of halogens is 1. The highest BCUT2D eigenvalue weighted by molar-refractivity contribution is 5.97. The van der Waals surface area contributed by atoms with Crippen molar-refractivity contribution in [1.82, 2.24) is 9.80 Å². The second-order valence-electron chi connectivity index (χ2n) is 4.78. The highest BCUT2D eigenvalue weighted by Crippen LogP contribution is 2.13. The summed E-state index contributed by atoms with van der Waals surface area (Å²) in [5.41, 5.74) is 5.80. The first-order valence-corrected chi connectivity index (χ1v) is 6.39. The van der Waals surface area contributed by atoms with Crippen molar-refractivity contribution in [1.29, 1.82) is 0 Å². The van der Waals surface area contributed by atoms with Gasteiger partial charge in [0.15, 0.2) is 0 Å². The number of rotatable bonds is 6.